The summed E-state index contributed by atoms with van der Waals surface area (Å²) in [4.78, 5) is 0. The van der Waals surface area contributed by atoms with Crippen molar-refractivity contribution in [3.63, 3.8) is 0 Å². The molecule has 0 atom stereocenters. The monoisotopic (exact) mass is 225 g/mol. The number of sulfonamides is 1. The van der Waals surface area contributed by atoms with Gasteiger partial charge in [-0.3, -0.25) is 4.31 Å². The third kappa shape index (κ3) is 1.63. The van der Waals surface area contributed by atoms with Crippen LogP contribution in [0.1, 0.15) is 30.9 Å². The van der Waals surface area contributed by atoms with Gasteiger partial charge in [-0.2, -0.15) is 0 Å². The van der Waals surface area contributed by atoms with Crippen LogP contribution in [0.2, 0.25) is 0 Å². The van der Waals surface area contributed by atoms with Gasteiger partial charge in [-0.25, -0.2) is 8.42 Å². The summed E-state index contributed by atoms with van der Waals surface area (Å²) < 4.78 is 24.6. The van der Waals surface area contributed by atoms with Crippen LogP contribution >= 0.6 is 0 Å². The fraction of sp³-hybridized carbons (Fsp3) is 0.455. The fourth-order valence-corrected chi connectivity index (χ4v) is 3.13. The SMILES string of the molecule is CC(C)c1ccc2c(c1)CS(=O)(=O)N2C. The van der Waals surface area contributed by atoms with Crippen molar-refractivity contribution in [2.75, 3.05) is 11.4 Å². The molecule has 1 aliphatic heterocycles. The number of hydrogen-bond acceptors (Lipinski definition) is 2. The van der Waals surface area contributed by atoms with Gasteiger partial charge >= 0.3 is 0 Å². The molecule has 0 radical (unpaired) electrons. The van der Waals surface area contributed by atoms with E-state index in [1.54, 1.807) is 7.05 Å². The van der Waals surface area contributed by atoms with Crippen LogP contribution in [0.4, 0.5) is 5.69 Å². The number of fused-ring (bicyclic) bond motifs is 1. The van der Waals surface area contributed by atoms with Gasteiger partial charge in [0.2, 0.25) is 10.0 Å². The Bertz CT molecular complexity index is 491. The molecular formula is C11H15NO2S. The van der Waals surface area contributed by atoms with E-state index in [-0.39, 0.29) is 5.75 Å². The van der Waals surface area contributed by atoms with E-state index in [0.29, 0.717) is 5.92 Å². The second-order valence-corrected chi connectivity index (χ2v) is 6.27. The number of anilines is 1. The average Bonchev–Trinajstić information content (AvgIpc) is 2.37. The van der Waals surface area contributed by atoms with Gasteiger partial charge in [0.1, 0.15) is 0 Å². The van der Waals surface area contributed by atoms with E-state index >= 15 is 0 Å². The van der Waals surface area contributed by atoms with E-state index in [2.05, 4.69) is 13.8 Å². The maximum atomic E-state index is 11.6. The van der Waals surface area contributed by atoms with Crippen molar-refractivity contribution in [1.82, 2.24) is 0 Å². The van der Waals surface area contributed by atoms with Crippen LogP contribution in [-0.4, -0.2) is 15.5 Å². The van der Waals surface area contributed by atoms with Gasteiger partial charge in [-0.1, -0.05) is 26.0 Å². The van der Waals surface area contributed by atoms with E-state index < -0.39 is 10.0 Å². The Hall–Kier alpha value is -1.03. The highest BCUT2D eigenvalue weighted by Gasteiger charge is 2.29. The molecule has 0 N–H and O–H groups in total. The van der Waals surface area contributed by atoms with Crippen LogP contribution < -0.4 is 4.31 Å². The lowest BCUT2D eigenvalue weighted by Crippen LogP contribution is -2.20. The molecule has 82 valence electrons. The highest BCUT2D eigenvalue weighted by molar-refractivity contribution is 7.92. The maximum Gasteiger partial charge on any atom is 0.239 e. The molecule has 0 amide bonds. The minimum Gasteiger partial charge on any atom is -0.273 e. The zero-order valence-corrected chi connectivity index (χ0v) is 10.0. The predicted octanol–water partition coefficient (Wildman–Crippen LogP) is 2.09. The largest absolute Gasteiger partial charge is 0.273 e. The summed E-state index contributed by atoms with van der Waals surface area (Å²) in [5.74, 6) is 0.572. The van der Waals surface area contributed by atoms with Gasteiger partial charge in [-0.05, 0) is 23.1 Å². The Morgan fingerprint density at radius 2 is 2.00 bits per heavy atom. The Labute approximate surface area is 90.8 Å². The number of benzene rings is 1. The van der Waals surface area contributed by atoms with E-state index in [4.69, 9.17) is 0 Å². The molecule has 3 nitrogen and oxygen atoms in total. The minimum atomic E-state index is -3.09. The second kappa shape index (κ2) is 3.23. The van der Waals surface area contributed by atoms with Crippen molar-refractivity contribution >= 4 is 15.7 Å². The molecular weight excluding hydrogens is 210 g/mol. The topological polar surface area (TPSA) is 37.4 Å². The van der Waals surface area contributed by atoms with E-state index in [1.807, 2.05) is 18.2 Å². The van der Waals surface area contributed by atoms with E-state index in [9.17, 15) is 8.42 Å². The number of hydrogen-bond donors (Lipinski definition) is 0. The van der Waals surface area contributed by atoms with Crippen molar-refractivity contribution < 1.29 is 8.42 Å². The van der Waals surface area contributed by atoms with Crippen LogP contribution in [0.5, 0.6) is 0 Å². The van der Waals surface area contributed by atoms with Crippen LogP contribution in [0.25, 0.3) is 0 Å². The van der Waals surface area contributed by atoms with Crippen molar-refractivity contribution in [2.24, 2.45) is 0 Å². The van der Waals surface area contributed by atoms with Crippen molar-refractivity contribution in [3.8, 4) is 0 Å². The first-order chi connectivity index (χ1) is 6.92. The molecule has 1 aromatic rings. The lowest BCUT2D eigenvalue weighted by molar-refractivity contribution is 0.596. The van der Waals surface area contributed by atoms with Gasteiger partial charge in [0, 0.05) is 7.05 Å². The molecule has 1 heterocycles. The van der Waals surface area contributed by atoms with Gasteiger partial charge in [0.05, 0.1) is 11.4 Å². The summed E-state index contributed by atoms with van der Waals surface area (Å²) in [6.45, 7) is 4.21. The normalized spacial score (nSPS) is 18.3. The van der Waals surface area contributed by atoms with E-state index in [1.165, 1.54) is 9.87 Å². The van der Waals surface area contributed by atoms with Crippen LogP contribution in [-0.2, 0) is 15.8 Å². The molecule has 0 saturated heterocycles. The molecule has 1 aliphatic rings. The van der Waals surface area contributed by atoms with E-state index in [0.717, 1.165) is 11.3 Å². The van der Waals surface area contributed by atoms with Crippen molar-refractivity contribution in [2.45, 2.75) is 25.5 Å². The Morgan fingerprint density at radius 3 is 2.60 bits per heavy atom. The van der Waals surface area contributed by atoms with Gasteiger partial charge in [-0.15, -0.1) is 0 Å². The summed E-state index contributed by atoms with van der Waals surface area (Å²) >= 11 is 0. The highest BCUT2D eigenvalue weighted by Crippen LogP contribution is 2.34. The first-order valence-electron chi connectivity index (χ1n) is 5.01. The number of nitrogens with zero attached hydrogens (tertiary/aromatic N) is 1. The first-order valence-corrected chi connectivity index (χ1v) is 6.62. The summed E-state index contributed by atoms with van der Waals surface area (Å²) in [6.07, 6.45) is 0. The molecule has 1 aromatic carbocycles. The van der Waals surface area contributed by atoms with Gasteiger partial charge < -0.3 is 0 Å². The molecule has 0 aliphatic carbocycles. The van der Waals surface area contributed by atoms with Gasteiger partial charge in [0.15, 0.2) is 0 Å². The molecule has 0 bridgehead atoms. The fourth-order valence-electron chi connectivity index (χ4n) is 1.83. The zero-order chi connectivity index (χ0) is 11.2. The van der Waals surface area contributed by atoms with Crippen molar-refractivity contribution in [3.05, 3.63) is 29.3 Å². The Kier molecular flexibility index (Phi) is 2.26. The predicted molar refractivity (Wildman–Crippen MR) is 61.6 cm³/mol. The van der Waals surface area contributed by atoms with Crippen molar-refractivity contribution in [1.29, 1.82) is 0 Å². The smallest absolute Gasteiger partial charge is 0.239 e. The summed E-state index contributed by atoms with van der Waals surface area (Å²) in [7, 11) is -1.49. The Balaban J connectivity index is 2.52. The molecule has 0 aromatic heterocycles. The molecule has 0 spiro atoms. The summed E-state index contributed by atoms with van der Waals surface area (Å²) in [5.41, 5.74) is 2.93. The minimum absolute atomic E-state index is 0.138. The van der Waals surface area contributed by atoms with Crippen LogP contribution in [0.3, 0.4) is 0 Å². The molecule has 0 fully saturated rings. The first kappa shape index (κ1) is 10.5. The molecule has 0 unspecified atom stereocenters. The lowest BCUT2D eigenvalue weighted by atomic mass is 10.0. The molecule has 4 heteroatoms. The van der Waals surface area contributed by atoms with Gasteiger partial charge in [0.25, 0.3) is 0 Å². The number of rotatable bonds is 1. The molecule has 15 heavy (non-hydrogen) atoms. The quantitative estimate of drug-likeness (QED) is 0.734. The molecule has 2 rings (SSSR count). The van der Waals surface area contributed by atoms with Crippen LogP contribution in [0.15, 0.2) is 18.2 Å². The standard InChI is InChI=1S/C11H15NO2S/c1-8(2)9-4-5-11-10(6-9)7-15(13,14)12(11)3/h4-6,8H,7H2,1-3H3. The highest BCUT2D eigenvalue weighted by atomic mass is 32.2. The summed E-state index contributed by atoms with van der Waals surface area (Å²) in [6, 6.07) is 5.90. The average molecular weight is 225 g/mol. The maximum absolute atomic E-state index is 11.6. The molecule has 0 saturated carbocycles. The summed E-state index contributed by atoms with van der Waals surface area (Å²) in [5, 5.41) is 0. The third-order valence-corrected chi connectivity index (χ3v) is 4.57. The zero-order valence-electron chi connectivity index (χ0n) is 9.19. The third-order valence-electron chi connectivity index (χ3n) is 2.86. The second-order valence-electron chi connectivity index (χ2n) is 4.27. The van der Waals surface area contributed by atoms with Crippen LogP contribution in [0, 0.1) is 0 Å². The Morgan fingerprint density at radius 1 is 1.33 bits per heavy atom. The lowest BCUT2D eigenvalue weighted by Gasteiger charge is -2.12.